The van der Waals surface area contributed by atoms with Gasteiger partial charge in [0.1, 0.15) is 0 Å². The van der Waals surface area contributed by atoms with Crippen LogP contribution >= 0.6 is 24.0 Å². The number of hydrogen-bond donors (Lipinski definition) is 1. The Balaban J connectivity index is 2.81. The molecule has 1 aromatic heterocycles. The van der Waals surface area contributed by atoms with Crippen LogP contribution in [-0.4, -0.2) is 44.3 Å². The molecule has 1 heterocycles. The summed E-state index contributed by atoms with van der Waals surface area (Å²) >= 11 is 6.68. The molecular formula is C10H18N4O2S2. The van der Waals surface area contributed by atoms with Crippen LogP contribution in [0.25, 0.3) is 0 Å². The molecule has 2 atom stereocenters. The van der Waals surface area contributed by atoms with Gasteiger partial charge in [-0.1, -0.05) is 17.2 Å². The molecule has 1 rings (SSSR count). The van der Waals surface area contributed by atoms with Crippen molar-refractivity contribution in [3.8, 4) is 0 Å². The van der Waals surface area contributed by atoms with E-state index >= 15 is 0 Å². The zero-order valence-electron chi connectivity index (χ0n) is 10.8. The molecule has 0 aliphatic carbocycles. The zero-order valence-corrected chi connectivity index (χ0v) is 12.4. The summed E-state index contributed by atoms with van der Waals surface area (Å²) < 4.78 is 7.09. The van der Waals surface area contributed by atoms with Gasteiger partial charge in [-0.3, -0.25) is 0 Å². The van der Waals surface area contributed by atoms with Crippen LogP contribution in [0.1, 0.15) is 32.7 Å². The zero-order chi connectivity index (χ0) is 13.5. The number of nitrogens with zero attached hydrogens (tertiary/aromatic N) is 3. The second kappa shape index (κ2) is 7.52. The largest absolute Gasteiger partial charge is 0.461 e. The smallest absolute Gasteiger partial charge is 0.331 e. The van der Waals surface area contributed by atoms with Crippen LogP contribution in [0.2, 0.25) is 0 Å². The average Bonchev–Trinajstić information content (AvgIpc) is 2.76. The molecule has 8 heteroatoms. The van der Waals surface area contributed by atoms with E-state index in [0.29, 0.717) is 6.42 Å². The first kappa shape index (κ1) is 15.2. The van der Waals surface area contributed by atoms with Gasteiger partial charge in [0.05, 0.1) is 6.10 Å². The van der Waals surface area contributed by atoms with Crippen molar-refractivity contribution in [2.45, 2.75) is 38.8 Å². The maximum atomic E-state index is 12.1. The van der Waals surface area contributed by atoms with Crippen LogP contribution in [0.15, 0.2) is 0 Å². The molecule has 0 aliphatic heterocycles. The molecule has 0 radical (unpaired) electrons. The summed E-state index contributed by atoms with van der Waals surface area (Å²) in [5.74, 6) is 0.543. The van der Waals surface area contributed by atoms with Crippen molar-refractivity contribution in [1.29, 1.82) is 0 Å². The van der Waals surface area contributed by atoms with Crippen molar-refractivity contribution in [2.75, 3.05) is 12.0 Å². The van der Waals surface area contributed by atoms with Gasteiger partial charge in [0.2, 0.25) is 4.77 Å². The van der Waals surface area contributed by atoms with Gasteiger partial charge in [-0.15, -0.1) is 0 Å². The fraction of sp³-hybridized carbons (Fsp3) is 0.800. The van der Waals surface area contributed by atoms with Gasteiger partial charge in [0, 0.05) is 0 Å². The number of tetrazole rings is 1. The lowest BCUT2D eigenvalue weighted by molar-refractivity contribution is -0.153. The van der Waals surface area contributed by atoms with Crippen LogP contribution in [0, 0.1) is 4.77 Å². The van der Waals surface area contributed by atoms with E-state index in [1.165, 1.54) is 4.68 Å². The van der Waals surface area contributed by atoms with Crippen LogP contribution in [0.5, 0.6) is 0 Å². The third-order valence-corrected chi connectivity index (χ3v) is 3.49. The monoisotopic (exact) mass is 290 g/mol. The number of carbonyl (C=O) groups excluding carboxylic acids is 1. The van der Waals surface area contributed by atoms with Gasteiger partial charge < -0.3 is 4.74 Å². The molecule has 0 aromatic carbocycles. The number of thioether (sulfide) groups is 1. The number of hydrogen-bond acceptors (Lipinski definition) is 6. The van der Waals surface area contributed by atoms with Gasteiger partial charge in [-0.2, -0.15) is 17.0 Å². The van der Waals surface area contributed by atoms with Gasteiger partial charge in [-0.05, 0) is 44.0 Å². The first-order valence-electron chi connectivity index (χ1n) is 5.79. The fourth-order valence-electron chi connectivity index (χ4n) is 1.35. The summed E-state index contributed by atoms with van der Waals surface area (Å²) in [5, 5.41) is 9.91. The summed E-state index contributed by atoms with van der Waals surface area (Å²) in [4.78, 5) is 12.1. The fourth-order valence-corrected chi connectivity index (χ4v) is 2.02. The number of carbonyl (C=O) groups is 1. The van der Waals surface area contributed by atoms with E-state index in [9.17, 15) is 4.79 Å². The Morgan fingerprint density at radius 3 is 2.89 bits per heavy atom. The SMILES string of the molecule is CCC(C)OC(=O)C(CCSC)n1[nH]nnc1=S. The second-order valence-corrected chi connectivity index (χ2v) is 5.26. The first-order chi connectivity index (χ1) is 8.60. The van der Waals surface area contributed by atoms with E-state index in [-0.39, 0.29) is 16.8 Å². The first-order valence-corrected chi connectivity index (χ1v) is 7.59. The number of aromatic amines is 1. The highest BCUT2D eigenvalue weighted by atomic mass is 32.2. The lowest BCUT2D eigenvalue weighted by Gasteiger charge is -2.18. The van der Waals surface area contributed by atoms with Gasteiger partial charge in [-0.25, -0.2) is 9.48 Å². The molecule has 0 saturated heterocycles. The topological polar surface area (TPSA) is 72.8 Å². The number of esters is 1. The average molecular weight is 290 g/mol. The minimum absolute atomic E-state index is 0.0978. The predicted octanol–water partition coefficient (Wildman–Crippen LogP) is 1.97. The highest BCUT2D eigenvalue weighted by Crippen LogP contribution is 2.16. The van der Waals surface area contributed by atoms with Crippen LogP contribution < -0.4 is 0 Å². The highest BCUT2D eigenvalue weighted by Gasteiger charge is 2.24. The number of aromatic nitrogens is 4. The van der Waals surface area contributed by atoms with Crippen molar-refractivity contribution in [3.63, 3.8) is 0 Å². The summed E-state index contributed by atoms with van der Waals surface area (Å²) in [6.07, 6.45) is 3.31. The molecule has 0 saturated carbocycles. The van der Waals surface area contributed by atoms with E-state index < -0.39 is 6.04 Å². The maximum Gasteiger partial charge on any atom is 0.331 e. The minimum Gasteiger partial charge on any atom is -0.461 e. The van der Waals surface area contributed by atoms with Crippen LogP contribution in [0.4, 0.5) is 0 Å². The lowest BCUT2D eigenvalue weighted by atomic mass is 10.2. The lowest BCUT2D eigenvalue weighted by Crippen LogP contribution is -2.27. The summed E-state index contributed by atoms with van der Waals surface area (Å²) in [7, 11) is 0. The third kappa shape index (κ3) is 4.09. The quantitative estimate of drug-likeness (QED) is 0.611. The Morgan fingerprint density at radius 2 is 2.39 bits per heavy atom. The van der Waals surface area contributed by atoms with E-state index in [1.54, 1.807) is 11.8 Å². The molecular weight excluding hydrogens is 272 g/mol. The third-order valence-electron chi connectivity index (χ3n) is 2.57. The molecule has 0 fully saturated rings. The van der Waals surface area contributed by atoms with E-state index in [0.717, 1.165) is 12.2 Å². The Labute approximate surface area is 115 Å². The summed E-state index contributed by atoms with van der Waals surface area (Å²) in [6, 6.07) is -0.478. The standard InChI is InChI=1S/C10H18N4O2S2/c1-4-7(2)16-9(15)8(5-6-18-3)14-10(17)11-12-13-14/h7-8H,4-6H2,1-3H3,(H,11,13,17). The number of H-pyrrole nitrogens is 1. The molecule has 1 aromatic rings. The van der Waals surface area contributed by atoms with Crippen molar-refractivity contribution in [2.24, 2.45) is 0 Å². The van der Waals surface area contributed by atoms with E-state index in [1.807, 2.05) is 20.1 Å². The van der Waals surface area contributed by atoms with Gasteiger partial charge in [0.25, 0.3) is 0 Å². The van der Waals surface area contributed by atoms with Crippen LogP contribution in [0.3, 0.4) is 0 Å². The molecule has 0 aliphatic rings. The molecule has 102 valence electrons. The van der Waals surface area contributed by atoms with Crippen molar-refractivity contribution in [3.05, 3.63) is 4.77 Å². The number of rotatable bonds is 7. The van der Waals surface area contributed by atoms with Gasteiger partial charge >= 0.3 is 5.97 Å². The Hall–Kier alpha value is -0.890. The molecule has 0 spiro atoms. The molecule has 2 unspecified atom stereocenters. The summed E-state index contributed by atoms with van der Waals surface area (Å²) in [6.45, 7) is 3.84. The van der Waals surface area contributed by atoms with E-state index in [4.69, 9.17) is 17.0 Å². The Morgan fingerprint density at radius 1 is 1.67 bits per heavy atom. The number of ether oxygens (including phenoxy) is 1. The molecule has 6 nitrogen and oxygen atoms in total. The van der Waals surface area contributed by atoms with Crippen molar-refractivity contribution >= 4 is 29.9 Å². The maximum absolute atomic E-state index is 12.1. The molecule has 0 bridgehead atoms. The molecule has 18 heavy (non-hydrogen) atoms. The minimum atomic E-state index is -0.478. The Kier molecular flexibility index (Phi) is 6.34. The molecule has 0 amide bonds. The normalized spacial score (nSPS) is 14.2. The molecule has 1 N–H and O–H groups in total. The predicted molar refractivity (Wildman–Crippen MR) is 73.1 cm³/mol. The van der Waals surface area contributed by atoms with E-state index in [2.05, 4.69) is 15.5 Å². The van der Waals surface area contributed by atoms with Crippen LogP contribution in [-0.2, 0) is 9.53 Å². The number of nitrogens with one attached hydrogen (secondary N) is 1. The van der Waals surface area contributed by atoms with Crippen molar-refractivity contribution in [1.82, 2.24) is 20.2 Å². The summed E-state index contributed by atoms with van der Waals surface area (Å²) in [5.41, 5.74) is 0. The Bertz CT molecular complexity index is 432. The highest BCUT2D eigenvalue weighted by molar-refractivity contribution is 7.98. The second-order valence-electron chi connectivity index (χ2n) is 3.91. The van der Waals surface area contributed by atoms with Gasteiger partial charge in [0.15, 0.2) is 6.04 Å². The van der Waals surface area contributed by atoms with Crippen molar-refractivity contribution < 1.29 is 9.53 Å².